The third kappa shape index (κ3) is 4.27. The number of nitrogens with zero attached hydrogens (tertiary/aromatic N) is 1. The van der Waals surface area contributed by atoms with Gasteiger partial charge < -0.3 is 10.4 Å². The Balaban J connectivity index is 2.23. The first kappa shape index (κ1) is 17.8. The zero-order valence-electron chi connectivity index (χ0n) is 12.9. The number of carbonyl (C=O) groups is 1. The van der Waals surface area contributed by atoms with E-state index >= 15 is 0 Å². The Morgan fingerprint density at radius 3 is 2.65 bits per heavy atom. The Labute approximate surface area is 135 Å². The van der Waals surface area contributed by atoms with E-state index < -0.39 is 33.9 Å². The van der Waals surface area contributed by atoms with Crippen molar-refractivity contribution < 1.29 is 22.7 Å². The van der Waals surface area contributed by atoms with Crippen LogP contribution in [0.4, 0.5) is 4.39 Å². The van der Waals surface area contributed by atoms with Crippen LogP contribution in [0.3, 0.4) is 0 Å². The molecule has 1 amide bonds. The van der Waals surface area contributed by atoms with Crippen LogP contribution in [-0.2, 0) is 14.8 Å². The van der Waals surface area contributed by atoms with E-state index in [1.165, 1.54) is 23.4 Å². The lowest BCUT2D eigenvalue weighted by Gasteiger charge is -2.33. The second kappa shape index (κ2) is 7.37. The van der Waals surface area contributed by atoms with E-state index in [1.54, 1.807) is 0 Å². The molecule has 1 saturated heterocycles. The van der Waals surface area contributed by atoms with Crippen molar-refractivity contribution in [2.24, 2.45) is 0 Å². The molecule has 2 atom stereocenters. The summed E-state index contributed by atoms with van der Waals surface area (Å²) < 4.78 is 39.6. The highest BCUT2D eigenvalue weighted by molar-refractivity contribution is 7.89. The first-order valence-corrected chi connectivity index (χ1v) is 8.99. The summed E-state index contributed by atoms with van der Waals surface area (Å²) in [7, 11) is -3.87. The van der Waals surface area contributed by atoms with E-state index in [2.05, 4.69) is 5.32 Å². The van der Waals surface area contributed by atoms with Gasteiger partial charge in [-0.15, -0.1) is 0 Å². The summed E-state index contributed by atoms with van der Waals surface area (Å²) in [6.07, 6.45) is 1.14. The van der Waals surface area contributed by atoms with Gasteiger partial charge in [0.1, 0.15) is 11.9 Å². The molecule has 0 saturated carbocycles. The van der Waals surface area contributed by atoms with Crippen molar-refractivity contribution >= 4 is 15.9 Å². The Bertz CT molecular complexity index is 646. The lowest BCUT2D eigenvalue weighted by molar-refractivity contribution is -0.126. The molecular formula is C15H21FN2O4S. The van der Waals surface area contributed by atoms with Crippen molar-refractivity contribution in [2.45, 2.75) is 43.2 Å². The number of nitrogens with one attached hydrogen (secondary N) is 1. The molecule has 0 bridgehead atoms. The molecule has 8 heteroatoms. The quantitative estimate of drug-likeness (QED) is 0.830. The highest BCUT2D eigenvalue weighted by Gasteiger charge is 2.37. The average molecular weight is 344 g/mol. The average Bonchev–Trinajstić information content (AvgIpc) is 2.53. The van der Waals surface area contributed by atoms with E-state index in [0.717, 1.165) is 18.6 Å². The smallest absolute Gasteiger partial charge is 0.243 e. The Morgan fingerprint density at radius 1 is 1.39 bits per heavy atom. The molecule has 23 heavy (non-hydrogen) atoms. The van der Waals surface area contributed by atoms with E-state index in [4.69, 9.17) is 0 Å². The largest absolute Gasteiger partial charge is 0.392 e. The summed E-state index contributed by atoms with van der Waals surface area (Å²) in [6, 6.07) is 3.75. The summed E-state index contributed by atoms with van der Waals surface area (Å²) in [5.74, 6) is -0.940. The fraction of sp³-hybridized carbons (Fsp3) is 0.533. The number of benzene rings is 1. The Kier molecular flexibility index (Phi) is 5.72. The van der Waals surface area contributed by atoms with Gasteiger partial charge >= 0.3 is 0 Å². The van der Waals surface area contributed by atoms with Gasteiger partial charge in [-0.1, -0.05) is 6.42 Å². The summed E-state index contributed by atoms with van der Waals surface area (Å²) in [5, 5.41) is 11.8. The number of halogens is 1. The van der Waals surface area contributed by atoms with Crippen LogP contribution >= 0.6 is 0 Å². The maximum absolute atomic E-state index is 13.0. The van der Waals surface area contributed by atoms with Crippen molar-refractivity contribution in [2.75, 3.05) is 13.1 Å². The fourth-order valence-corrected chi connectivity index (χ4v) is 4.22. The number of rotatable bonds is 5. The topological polar surface area (TPSA) is 86.7 Å². The van der Waals surface area contributed by atoms with Crippen molar-refractivity contribution in [1.82, 2.24) is 9.62 Å². The van der Waals surface area contributed by atoms with Crippen LogP contribution in [0.1, 0.15) is 26.2 Å². The Hall–Kier alpha value is -1.51. The molecule has 1 fully saturated rings. The van der Waals surface area contributed by atoms with E-state index in [1.807, 2.05) is 0 Å². The summed E-state index contributed by atoms with van der Waals surface area (Å²) in [6.45, 7) is 1.85. The highest BCUT2D eigenvalue weighted by atomic mass is 32.2. The maximum atomic E-state index is 13.0. The number of hydrogen-bond acceptors (Lipinski definition) is 4. The molecular weight excluding hydrogens is 323 g/mol. The van der Waals surface area contributed by atoms with Crippen molar-refractivity contribution in [1.29, 1.82) is 0 Å². The number of sulfonamides is 1. The molecule has 0 aliphatic carbocycles. The minimum Gasteiger partial charge on any atom is -0.392 e. The van der Waals surface area contributed by atoms with Crippen LogP contribution in [0.25, 0.3) is 0 Å². The number of carbonyl (C=O) groups excluding carboxylic acids is 1. The second-order valence-corrected chi connectivity index (χ2v) is 7.57. The molecule has 0 aromatic heterocycles. The lowest BCUT2D eigenvalue weighted by Crippen LogP contribution is -2.52. The normalized spacial score (nSPS) is 20.9. The SMILES string of the molecule is CC(O)CNC(=O)[C@@H]1CCCCN1S(=O)(=O)c1ccc(F)cc1. The number of amides is 1. The summed E-state index contributed by atoms with van der Waals surface area (Å²) >= 11 is 0. The van der Waals surface area contributed by atoms with Gasteiger partial charge in [0.05, 0.1) is 11.0 Å². The van der Waals surface area contributed by atoms with E-state index in [-0.39, 0.29) is 18.0 Å². The molecule has 6 nitrogen and oxygen atoms in total. The van der Waals surface area contributed by atoms with Crippen molar-refractivity contribution in [3.05, 3.63) is 30.1 Å². The van der Waals surface area contributed by atoms with Gasteiger partial charge in [0.25, 0.3) is 0 Å². The van der Waals surface area contributed by atoms with Gasteiger partial charge in [0.15, 0.2) is 0 Å². The van der Waals surface area contributed by atoms with Crippen LogP contribution in [0.15, 0.2) is 29.2 Å². The molecule has 1 unspecified atom stereocenters. The zero-order chi connectivity index (χ0) is 17.0. The van der Waals surface area contributed by atoms with Crippen molar-refractivity contribution in [3.8, 4) is 0 Å². The van der Waals surface area contributed by atoms with Gasteiger partial charge in [0, 0.05) is 13.1 Å². The third-order valence-corrected chi connectivity index (χ3v) is 5.67. The maximum Gasteiger partial charge on any atom is 0.243 e. The molecule has 1 heterocycles. The molecule has 1 aromatic carbocycles. The van der Waals surface area contributed by atoms with Gasteiger partial charge in [-0.2, -0.15) is 4.31 Å². The second-order valence-electron chi connectivity index (χ2n) is 5.68. The standard InChI is InChI=1S/C15H21FN2O4S/c1-11(19)10-17-15(20)14-4-2-3-9-18(14)23(21,22)13-7-5-12(16)6-8-13/h5-8,11,14,19H,2-4,9-10H2,1H3,(H,17,20)/t11?,14-/m0/s1. The van der Waals surface area contributed by atoms with Crippen LogP contribution in [-0.4, -0.2) is 49.0 Å². The van der Waals surface area contributed by atoms with E-state index in [0.29, 0.717) is 12.8 Å². The third-order valence-electron chi connectivity index (χ3n) is 3.75. The molecule has 2 N–H and O–H groups in total. The molecule has 1 aliphatic rings. The summed E-state index contributed by atoms with van der Waals surface area (Å²) in [5.41, 5.74) is 0. The lowest BCUT2D eigenvalue weighted by atomic mass is 10.0. The first-order valence-electron chi connectivity index (χ1n) is 7.55. The van der Waals surface area contributed by atoms with Crippen LogP contribution in [0.2, 0.25) is 0 Å². The number of aliphatic hydroxyl groups is 1. The first-order chi connectivity index (χ1) is 10.8. The van der Waals surface area contributed by atoms with Crippen LogP contribution in [0, 0.1) is 5.82 Å². The monoisotopic (exact) mass is 344 g/mol. The highest BCUT2D eigenvalue weighted by Crippen LogP contribution is 2.25. The van der Waals surface area contributed by atoms with Gasteiger partial charge in [0.2, 0.25) is 15.9 Å². The predicted molar refractivity (Wildman–Crippen MR) is 82.6 cm³/mol. The molecule has 1 aliphatic heterocycles. The van der Waals surface area contributed by atoms with E-state index in [9.17, 15) is 22.7 Å². The summed E-state index contributed by atoms with van der Waals surface area (Å²) in [4.78, 5) is 12.2. The Morgan fingerprint density at radius 2 is 2.04 bits per heavy atom. The molecule has 0 radical (unpaired) electrons. The van der Waals surface area contributed by atoms with Gasteiger partial charge in [-0.3, -0.25) is 4.79 Å². The predicted octanol–water partition coefficient (Wildman–Crippen LogP) is 0.866. The van der Waals surface area contributed by atoms with Gasteiger partial charge in [-0.25, -0.2) is 12.8 Å². The van der Waals surface area contributed by atoms with Crippen molar-refractivity contribution in [3.63, 3.8) is 0 Å². The minimum atomic E-state index is -3.87. The number of aliphatic hydroxyl groups excluding tert-OH is 1. The fourth-order valence-electron chi connectivity index (χ4n) is 2.56. The van der Waals surface area contributed by atoms with Crippen LogP contribution < -0.4 is 5.32 Å². The number of piperidine rings is 1. The minimum absolute atomic E-state index is 0.0332. The molecule has 2 rings (SSSR count). The molecule has 0 spiro atoms. The van der Waals surface area contributed by atoms with Gasteiger partial charge in [-0.05, 0) is 44.0 Å². The molecule has 128 valence electrons. The number of hydrogen-bond donors (Lipinski definition) is 2. The van der Waals surface area contributed by atoms with Crippen LogP contribution in [0.5, 0.6) is 0 Å². The zero-order valence-corrected chi connectivity index (χ0v) is 13.7. The molecule has 1 aromatic rings.